The van der Waals surface area contributed by atoms with E-state index in [0.29, 0.717) is 11.3 Å². The Labute approximate surface area is 256 Å². The number of benzene rings is 2. The molecule has 2 saturated heterocycles. The molecule has 2 fully saturated rings. The number of halogens is 5. The van der Waals surface area contributed by atoms with Gasteiger partial charge in [-0.05, 0) is 29.3 Å². The molecule has 3 amide bonds. The number of rotatable bonds is 6. The molecule has 15 heteroatoms. The molecule has 9 nitrogen and oxygen atoms in total. The zero-order valence-corrected chi connectivity index (χ0v) is 23.9. The molecule has 0 saturated carbocycles. The number of nitriles is 1. The van der Waals surface area contributed by atoms with Gasteiger partial charge >= 0.3 is 6.18 Å². The predicted molar refractivity (Wildman–Crippen MR) is 148 cm³/mol. The molecular formula is C30H23F5N4O5S. The Kier molecular flexibility index (Phi) is 7.62. The van der Waals surface area contributed by atoms with Gasteiger partial charge in [-0.3, -0.25) is 14.4 Å². The number of carbonyl (C=O) groups is 3. The maximum absolute atomic E-state index is 14.9. The molecule has 45 heavy (non-hydrogen) atoms. The average molecular weight is 647 g/mol. The number of carbonyl (C=O) groups excluding carboxylic acids is 3. The van der Waals surface area contributed by atoms with Gasteiger partial charge in [0, 0.05) is 33.4 Å². The van der Waals surface area contributed by atoms with Crippen molar-refractivity contribution in [3.8, 4) is 17.2 Å². The van der Waals surface area contributed by atoms with Gasteiger partial charge in [0.05, 0.1) is 31.9 Å². The van der Waals surface area contributed by atoms with Crippen LogP contribution in [0.5, 0.6) is 0 Å². The van der Waals surface area contributed by atoms with Crippen LogP contribution in [0.15, 0.2) is 53.9 Å². The highest BCUT2D eigenvalue weighted by atomic mass is 32.1. The summed E-state index contributed by atoms with van der Waals surface area (Å²) in [4.78, 5) is 40.3. The average Bonchev–Trinajstić information content (AvgIpc) is 3.80. The van der Waals surface area contributed by atoms with Crippen LogP contribution in [0.2, 0.25) is 0 Å². The maximum Gasteiger partial charge on any atom is 0.413 e. The van der Waals surface area contributed by atoms with E-state index in [4.69, 9.17) is 14.7 Å². The molecule has 1 aromatic heterocycles. The van der Waals surface area contributed by atoms with Gasteiger partial charge in [0.2, 0.25) is 11.8 Å². The van der Waals surface area contributed by atoms with E-state index in [9.17, 15) is 36.3 Å². The minimum Gasteiger partial charge on any atom is -0.346 e. The number of nitrogens with one attached hydrogen (secondary N) is 2. The van der Waals surface area contributed by atoms with Crippen molar-refractivity contribution in [1.82, 2.24) is 15.5 Å². The fourth-order valence-electron chi connectivity index (χ4n) is 5.84. The third-order valence-corrected chi connectivity index (χ3v) is 8.95. The van der Waals surface area contributed by atoms with Crippen LogP contribution in [0.1, 0.15) is 44.4 Å². The van der Waals surface area contributed by atoms with Gasteiger partial charge in [-0.15, -0.1) is 11.3 Å². The number of hydrogen-bond donors (Lipinski definition) is 2. The summed E-state index contributed by atoms with van der Waals surface area (Å²) in [7, 11) is 0. The Hall–Kier alpha value is -4.39. The zero-order valence-electron chi connectivity index (χ0n) is 23.1. The van der Waals surface area contributed by atoms with Crippen molar-refractivity contribution in [2.75, 3.05) is 26.3 Å². The predicted octanol–water partition coefficient (Wildman–Crippen LogP) is 4.23. The van der Waals surface area contributed by atoms with Crippen LogP contribution in [0.3, 0.4) is 0 Å². The van der Waals surface area contributed by atoms with Crippen LogP contribution in [-0.4, -0.2) is 66.9 Å². The second kappa shape index (κ2) is 11.2. The van der Waals surface area contributed by atoms with Gasteiger partial charge in [-0.1, -0.05) is 30.3 Å². The molecule has 234 valence electrons. The van der Waals surface area contributed by atoms with E-state index < -0.39 is 54.2 Å². The molecule has 3 heterocycles. The first-order valence-corrected chi connectivity index (χ1v) is 14.5. The largest absolute Gasteiger partial charge is 0.413 e. The van der Waals surface area contributed by atoms with E-state index in [0.717, 1.165) is 17.0 Å². The first-order valence-electron chi connectivity index (χ1n) is 13.7. The lowest BCUT2D eigenvalue weighted by Gasteiger charge is -2.27. The first kappa shape index (κ1) is 30.6. The van der Waals surface area contributed by atoms with E-state index >= 15 is 0 Å². The molecule has 0 bridgehead atoms. The lowest BCUT2D eigenvalue weighted by atomic mass is 10.0. The van der Waals surface area contributed by atoms with Gasteiger partial charge in [0.15, 0.2) is 11.8 Å². The summed E-state index contributed by atoms with van der Waals surface area (Å²) < 4.78 is 83.0. The third-order valence-electron chi connectivity index (χ3n) is 7.95. The van der Waals surface area contributed by atoms with Gasteiger partial charge in [0.1, 0.15) is 12.1 Å². The highest BCUT2D eigenvalue weighted by Gasteiger charge is 2.54. The van der Waals surface area contributed by atoms with E-state index in [2.05, 4.69) is 5.32 Å². The standard InChI is InChI=1S/C30H23F5N4O5S/c31-29(32)20-4-2-1-3-18(20)19-10-17(5-6-21(19)29)26(41)37-13-24(40)39-15-28(43-7-8-44-28)11-22(39)27(42)38-25(30(33,34)35)23-9-16(12-36)14-45-23/h1-6,9-10,14,22,25H,7-8,11,13,15H2,(H,37,41)(H,38,42)/t22-,25-/m0/s1. The summed E-state index contributed by atoms with van der Waals surface area (Å²) >= 11 is 0.656. The van der Waals surface area contributed by atoms with Gasteiger partial charge in [0.25, 0.3) is 11.8 Å². The van der Waals surface area contributed by atoms with Gasteiger partial charge in [-0.25, -0.2) is 0 Å². The SMILES string of the molecule is N#Cc1csc([C@H](NC(=O)[C@@H]2CC3(CN2C(=O)CNC(=O)c2ccc4c(c2)-c2ccccc2C4(F)F)OCCO3)C(F)(F)F)c1. The normalized spacial score (nSPS) is 19.9. The Balaban J connectivity index is 1.18. The highest BCUT2D eigenvalue weighted by molar-refractivity contribution is 7.10. The maximum atomic E-state index is 14.9. The second-order valence-corrected chi connectivity index (χ2v) is 11.7. The van der Waals surface area contributed by atoms with E-state index in [-0.39, 0.29) is 64.4 Å². The smallest absolute Gasteiger partial charge is 0.346 e. The molecule has 0 radical (unpaired) electrons. The summed E-state index contributed by atoms with van der Waals surface area (Å²) in [5, 5.41) is 14.6. The quantitative estimate of drug-likeness (QED) is 0.387. The van der Waals surface area contributed by atoms with Crippen LogP contribution < -0.4 is 10.6 Å². The number of fused-ring (bicyclic) bond motifs is 3. The van der Waals surface area contributed by atoms with Gasteiger partial charge in [-0.2, -0.15) is 27.2 Å². The van der Waals surface area contributed by atoms with Crippen molar-refractivity contribution >= 4 is 29.1 Å². The topological polar surface area (TPSA) is 121 Å². The van der Waals surface area contributed by atoms with Crippen molar-refractivity contribution in [2.24, 2.45) is 0 Å². The van der Waals surface area contributed by atoms with E-state index in [1.807, 2.05) is 5.32 Å². The van der Waals surface area contributed by atoms with Crippen molar-refractivity contribution < 1.29 is 45.8 Å². The molecule has 2 N–H and O–H groups in total. The van der Waals surface area contributed by atoms with Gasteiger partial charge < -0.3 is 25.0 Å². The minimum absolute atomic E-state index is 0.0000816. The molecule has 3 aliphatic rings. The number of ether oxygens (including phenoxy) is 2. The molecule has 3 aromatic rings. The fraction of sp³-hybridized carbons (Fsp3) is 0.333. The first-order chi connectivity index (χ1) is 21.3. The zero-order chi connectivity index (χ0) is 32.1. The van der Waals surface area contributed by atoms with E-state index in [1.54, 1.807) is 12.1 Å². The van der Waals surface area contributed by atoms with Crippen LogP contribution in [0, 0.1) is 11.3 Å². The van der Waals surface area contributed by atoms with Crippen LogP contribution in [-0.2, 0) is 25.0 Å². The summed E-state index contributed by atoms with van der Waals surface area (Å²) in [6.45, 7) is -0.643. The van der Waals surface area contributed by atoms with Crippen molar-refractivity contribution in [3.05, 3.63) is 81.0 Å². The number of hydrogen-bond acceptors (Lipinski definition) is 7. The summed E-state index contributed by atoms with van der Waals surface area (Å²) in [5.74, 6) is -7.34. The van der Waals surface area contributed by atoms with Crippen molar-refractivity contribution in [1.29, 1.82) is 5.26 Å². The molecule has 1 spiro atoms. The highest BCUT2D eigenvalue weighted by Crippen LogP contribution is 2.51. The minimum atomic E-state index is -4.91. The van der Waals surface area contributed by atoms with E-state index in [1.165, 1.54) is 35.7 Å². The number of nitrogens with zero attached hydrogens (tertiary/aromatic N) is 2. The molecule has 1 aliphatic carbocycles. The number of alkyl halides is 5. The lowest BCUT2D eigenvalue weighted by molar-refractivity contribution is -0.164. The molecular weight excluding hydrogens is 623 g/mol. The Morgan fingerprint density at radius 1 is 1.07 bits per heavy atom. The summed E-state index contributed by atoms with van der Waals surface area (Å²) in [5.41, 5.74) is 0.0143. The van der Waals surface area contributed by atoms with Crippen molar-refractivity contribution in [2.45, 2.75) is 36.4 Å². The molecule has 2 aliphatic heterocycles. The molecule has 0 unspecified atom stereocenters. The number of amides is 3. The Bertz CT molecular complexity index is 1730. The van der Waals surface area contributed by atoms with Crippen molar-refractivity contribution in [3.63, 3.8) is 0 Å². The van der Waals surface area contributed by atoms with Crippen LogP contribution in [0.4, 0.5) is 22.0 Å². The fourth-order valence-corrected chi connectivity index (χ4v) is 6.74. The second-order valence-electron chi connectivity index (χ2n) is 10.7. The molecule has 2 aromatic carbocycles. The molecule has 2 atom stereocenters. The number of likely N-dealkylation sites (tertiary alicyclic amines) is 1. The van der Waals surface area contributed by atoms with Crippen LogP contribution >= 0.6 is 11.3 Å². The Morgan fingerprint density at radius 3 is 2.47 bits per heavy atom. The lowest BCUT2D eigenvalue weighted by Crippen LogP contribution is -2.51. The summed E-state index contributed by atoms with van der Waals surface area (Å²) in [6, 6.07) is 8.48. The van der Waals surface area contributed by atoms with Crippen LogP contribution in [0.25, 0.3) is 11.1 Å². The Morgan fingerprint density at radius 2 is 1.78 bits per heavy atom. The molecule has 6 rings (SSSR count). The third kappa shape index (κ3) is 5.54. The monoisotopic (exact) mass is 646 g/mol. The number of thiophene rings is 1. The summed E-state index contributed by atoms with van der Waals surface area (Å²) in [6.07, 6.45) is -5.16.